The highest BCUT2D eigenvalue weighted by atomic mass is 14.9. The Bertz CT molecular complexity index is 183. The average molecular weight is 154 g/mol. The molecule has 2 saturated carbocycles. The lowest BCUT2D eigenvalue weighted by Gasteiger charge is -2.39. The minimum Gasteiger partial charge on any atom is -0.326 e. The van der Waals surface area contributed by atoms with Crippen LogP contribution in [0.5, 0.6) is 0 Å². The molecule has 2 fully saturated rings. The first kappa shape index (κ1) is 7.56. The molecule has 0 amide bonds. The normalized spacial score (nSPS) is 53.5. The van der Waals surface area contributed by atoms with Gasteiger partial charge in [-0.2, -0.15) is 0 Å². The molecule has 2 rings (SSSR count). The predicted octanol–water partition coefficient (Wildman–Crippen LogP) is 0.851. The van der Waals surface area contributed by atoms with Gasteiger partial charge in [0.15, 0.2) is 0 Å². The van der Waals surface area contributed by atoms with Gasteiger partial charge in [0.25, 0.3) is 0 Å². The van der Waals surface area contributed by atoms with Crippen molar-refractivity contribution in [3.8, 4) is 0 Å². The summed E-state index contributed by atoms with van der Waals surface area (Å²) in [5.74, 6) is 0.780. The molecule has 2 nitrogen and oxygen atoms in total. The van der Waals surface area contributed by atoms with Gasteiger partial charge >= 0.3 is 0 Å². The van der Waals surface area contributed by atoms with Gasteiger partial charge in [-0.3, -0.25) is 0 Å². The van der Waals surface area contributed by atoms with Crippen molar-refractivity contribution in [1.82, 2.24) is 0 Å². The summed E-state index contributed by atoms with van der Waals surface area (Å²) in [6.45, 7) is 4.52. The predicted molar refractivity (Wildman–Crippen MR) is 46.0 cm³/mol. The van der Waals surface area contributed by atoms with E-state index in [0.717, 1.165) is 18.8 Å². The topological polar surface area (TPSA) is 52.0 Å². The Labute approximate surface area is 68.3 Å². The summed E-state index contributed by atoms with van der Waals surface area (Å²) >= 11 is 0. The molecule has 0 aromatic rings. The molecule has 0 aliphatic heterocycles. The van der Waals surface area contributed by atoms with E-state index >= 15 is 0 Å². The van der Waals surface area contributed by atoms with Gasteiger partial charge < -0.3 is 11.5 Å². The van der Waals surface area contributed by atoms with Gasteiger partial charge in [-0.25, -0.2) is 0 Å². The number of nitrogens with two attached hydrogens (primary N) is 2. The van der Waals surface area contributed by atoms with Crippen molar-refractivity contribution in [3.63, 3.8) is 0 Å². The molecule has 2 bridgehead atoms. The molecule has 3 atom stereocenters. The summed E-state index contributed by atoms with van der Waals surface area (Å²) in [6.07, 6.45) is 3.58. The van der Waals surface area contributed by atoms with Crippen LogP contribution in [0.3, 0.4) is 0 Å². The second-order valence-corrected chi connectivity index (χ2v) is 4.97. The van der Waals surface area contributed by atoms with Crippen molar-refractivity contribution in [2.24, 2.45) is 22.8 Å². The Morgan fingerprint density at radius 3 is 2.27 bits per heavy atom. The Kier molecular flexibility index (Phi) is 1.24. The summed E-state index contributed by atoms with van der Waals surface area (Å²) in [4.78, 5) is 0. The van der Waals surface area contributed by atoms with Crippen LogP contribution in [-0.4, -0.2) is 11.6 Å². The van der Waals surface area contributed by atoms with E-state index in [-0.39, 0.29) is 17.0 Å². The highest BCUT2D eigenvalue weighted by molar-refractivity contribution is 5.16. The third-order valence-corrected chi connectivity index (χ3v) is 4.06. The summed E-state index contributed by atoms with van der Waals surface area (Å²) in [6, 6.07) is 0.216. The van der Waals surface area contributed by atoms with Crippen LogP contribution in [0.25, 0.3) is 0 Å². The first-order valence-electron chi connectivity index (χ1n) is 4.51. The van der Waals surface area contributed by atoms with E-state index in [9.17, 15) is 0 Å². The third-order valence-electron chi connectivity index (χ3n) is 4.06. The van der Waals surface area contributed by atoms with E-state index in [1.807, 2.05) is 0 Å². The summed E-state index contributed by atoms with van der Waals surface area (Å²) in [7, 11) is 0. The smallest absolute Gasteiger partial charge is 0.0316 e. The highest BCUT2D eigenvalue weighted by Crippen LogP contribution is 2.55. The number of hydrogen-bond donors (Lipinski definition) is 2. The van der Waals surface area contributed by atoms with E-state index < -0.39 is 0 Å². The maximum absolute atomic E-state index is 6.19. The van der Waals surface area contributed by atoms with Crippen LogP contribution in [-0.2, 0) is 0 Å². The monoisotopic (exact) mass is 154 g/mol. The molecule has 0 saturated heterocycles. The standard InChI is InChI=1S/C9H18N2/c1-8(2)6-3-4-9(11,5-6)7(8)10/h6-7H,3-5,10-11H2,1-2H3/t6-,7+,9-/m0/s1. The molecule has 0 heterocycles. The van der Waals surface area contributed by atoms with E-state index in [4.69, 9.17) is 11.5 Å². The first-order valence-corrected chi connectivity index (χ1v) is 4.51. The van der Waals surface area contributed by atoms with Crippen molar-refractivity contribution in [2.75, 3.05) is 0 Å². The van der Waals surface area contributed by atoms with Crippen LogP contribution in [0, 0.1) is 11.3 Å². The maximum Gasteiger partial charge on any atom is 0.0316 e. The van der Waals surface area contributed by atoms with Gasteiger partial charge in [-0.05, 0) is 30.6 Å². The molecular formula is C9H18N2. The van der Waals surface area contributed by atoms with Gasteiger partial charge in [0.1, 0.15) is 0 Å². The van der Waals surface area contributed by atoms with Gasteiger partial charge in [-0.15, -0.1) is 0 Å². The molecule has 0 aromatic heterocycles. The van der Waals surface area contributed by atoms with Crippen LogP contribution < -0.4 is 11.5 Å². The van der Waals surface area contributed by atoms with Gasteiger partial charge in [0.05, 0.1) is 0 Å². The van der Waals surface area contributed by atoms with Crippen LogP contribution >= 0.6 is 0 Å². The molecule has 4 N–H and O–H groups in total. The lowest BCUT2D eigenvalue weighted by atomic mass is 9.71. The minimum atomic E-state index is -0.0197. The van der Waals surface area contributed by atoms with Crippen molar-refractivity contribution < 1.29 is 0 Å². The van der Waals surface area contributed by atoms with Crippen LogP contribution in [0.2, 0.25) is 0 Å². The van der Waals surface area contributed by atoms with Crippen LogP contribution in [0.15, 0.2) is 0 Å². The summed E-state index contributed by atoms with van der Waals surface area (Å²) in [5, 5.41) is 0. The molecule has 0 unspecified atom stereocenters. The number of hydrogen-bond acceptors (Lipinski definition) is 2. The zero-order valence-electron chi connectivity index (χ0n) is 7.43. The minimum absolute atomic E-state index is 0.0197. The highest BCUT2D eigenvalue weighted by Gasteiger charge is 2.58. The fourth-order valence-corrected chi connectivity index (χ4v) is 3.02. The molecule has 2 heteroatoms. The third kappa shape index (κ3) is 0.744. The van der Waals surface area contributed by atoms with Gasteiger partial charge in [0.2, 0.25) is 0 Å². The molecule has 2 aliphatic carbocycles. The SMILES string of the molecule is CC1(C)[C@H]2CC[C@](N)(C2)[C@@H]1N. The molecular weight excluding hydrogens is 136 g/mol. The quantitative estimate of drug-likeness (QED) is 0.543. The molecule has 64 valence electrons. The van der Waals surface area contributed by atoms with Crippen molar-refractivity contribution in [1.29, 1.82) is 0 Å². The Morgan fingerprint density at radius 2 is 2.00 bits per heavy atom. The molecule has 0 spiro atoms. The molecule has 2 aliphatic rings. The molecule has 0 radical (unpaired) electrons. The second-order valence-electron chi connectivity index (χ2n) is 4.97. The Hall–Kier alpha value is -0.0800. The fraction of sp³-hybridized carbons (Fsp3) is 1.00. The lowest BCUT2D eigenvalue weighted by molar-refractivity contribution is 0.169. The number of fused-ring (bicyclic) bond motifs is 2. The van der Waals surface area contributed by atoms with Crippen molar-refractivity contribution in [2.45, 2.75) is 44.7 Å². The van der Waals surface area contributed by atoms with E-state index in [1.165, 1.54) is 6.42 Å². The maximum atomic E-state index is 6.19. The fourth-order valence-electron chi connectivity index (χ4n) is 3.02. The largest absolute Gasteiger partial charge is 0.326 e. The van der Waals surface area contributed by atoms with Crippen LogP contribution in [0.1, 0.15) is 33.1 Å². The van der Waals surface area contributed by atoms with E-state index in [0.29, 0.717) is 0 Å². The second kappa shape index (κ2) is 1.80. The first-order chi connectivity index (χ1) is 4.97. The summed E-state index contributed by atoms with van der Waals surface area (Å²) in [5.41, 5.74) is 12.6. The van der Waals surface area contributed by atoms with Gasteiger partial charge in [0, 0.05) is 11.6 Å². The zero-order valence-corrected chi connectivity index (χ0v) is 7.43. The summed E-state index contributed by atoms with van der Waals surface area (Å²) < 4.78 is 0. The lowest BCUT2D eigenvalue weighted by Crippen LogP contribution is -2.57. The van der Waals surface area contributed by atoms with E-state index in [2.05, 4.69) is 13.8 Å². The molecule has 11 heavy (non-hydrogen) atoms. The van der Waals surface area contributed by atoms with Crippen LogP contribution in [0.4, 0.5) is 0 Å². The number of rotatable bonds is 0. The average Bonchev–Trinajstić information content (AvgIpc) is 2.36. The van der Waals surface area contributed by atoms with Gasteiger partial charge in [-0.1, -0.05) is 13.8 Å². The zero-order chi connectivity index (χ0) is 8.28. The van der Waals surface area contributed by atoms with Crippen molar-refractivity contribution >= 4 is 0 Å². The Balaban J connectivity index is 2.34. The van der Waals surface area contributed by atoms with Crippen molar-refractivity contribution in [3.05, 3.63) is 0 Å². The Morgan fingerprint density at radius 1 is 1.36 bits per heavy atom. The van der Waals surface area contributed by atoms with E-state index in [1.54, 1.807) is 0 Å². The molecule has 0 aromatic carbocycles.